The lowest BCUT2D eigenvalue weighted by atomic mass is 9.89. The number of nitrogens with one attached hydrogen (secondary N) is 1. The van der Waals surface area contributed by atoms with Gasteiger partial charge < -0.3 is 14.8 Å². The number of amides is 1. The lowest BCUT2D eigenvalue weighted by Crippen LogP contribution is -2.48. The standard InChI is InChI=1S/C20H22N2O3/c1-20(14-24-15-20)13-22-19(23)9-6-16-4-7-18(8-5-16)25-12-17-3-2-10-21-11-17/h2-11H,12-15H2,1H3,(H,22,23)/b9-6+. The van der Waals surface area contributed by atoms with Gasteiger partial charge in [-0.15, -0.1) is 0 Å². The van der Waals surface area contributed by atoms with Crippen LogP contribution in [0, 0.1) is 5.41 Å². The second-order valence-corrected chi connectivity index (χ2v) is 6.57. The number of ether oxygens (including phenoxy) is 2. The minimum absolute atomic E-state index is 0.0801. The predicted octanol–water partition coefficient (Wildman–Crippen LogP) is 2.83. The first-order valence-electron chi connectivity index (χ1n) is 8.28. The normalized spacial score (nSPS) is 15.6. The van der Waals surface area contributed by atoms with Gasteiger partial charge in [0.2, 0.25) is 5.91 Å². The number of nitrogens with zero attached hydrogens (tertiary/aromatic N) is 1. The van der Waals surface area contributed by atoms with Gasteiger partial charge in [-0.1, -0.05) is 25.1 Å². The van der Waals surface area contributed by atoms with Crippen molar-refractivity contribution in [2.75, 3.05) is 19.8 Å². The first-order chi connectivity index (χ1) is 12.1. The Kier molecular flexibility index (Phi) is 5.46. The Hall–Kier alpha value is -2.66. The monoisotopic (exact) mass is 338 g/mol. The van der Waals surface area contributed by atoms with Crippen LogP contribution in [-0.2, 0) is 16.1 Å². The van der Waals surface area contributed by atoms with Gasteiger partial charge in [0.25, 0.3) is 0 Å². The Morgan fingerprint density at radius 2 is 2.12 bits per heavy atom. The van der Waals surface area contributed by atoms with Crippen molar-refractivity contribution in [3.05, 3.63) is 66.0 Å². The zero-order chi connectivity index (χ0) is 17.5. The molecule has 1 aliphatic heterocycles. The summed E-state index contributed by atoms with van der Waals surface area (Å²) in [4.78, 5) is 15.9. The van der Waals surface area contributed by atoms with Crippen molar-refractivity contribution in [3.8, 4) is 5.75 Å². The van der Waals surface area contributed by atoms with Crippen LogP contribution in [0.3, 0.4) is 0 Å². The third kappa shape index (κ3) is 5.16. The molecule has 0 unspecified atom stereocenters. The summed E-state index contributed by atoms with van der Waals surface area (Å²) in [5, 5.41) is 2.91. The van der Waals surface area contributed by atoms with E-state index in [-0.39, 0.29) is 11.3 Å². The van der Waals surface area contributed by atoms with Gasteiger partial charge >= 0.3 is 0 Å². The second-order valence-electron chi connectivity index (χ2n) is 6.57. The number of aromatic nitrogens is 1. The molecule has 1 saturated heterocycles. The summed E-state index contributed by atoms with van der Waals surface area (Å²) in [6, 6.07) is 11.5. The largest absolute Gasteiger partial charge is 0.489 e. The van der Waals surface area contributed by atoms with Gasteiger partial charge in [-0.05, 0) is 29.8 Å². The zero-order valence-corrected chi connectivity index (χ0v) is 14.3. The third-order valence-corrected chi connectivity index (χ3v) is 4.03. The van der Waals surface area contributed by atoms with Crippen molar-refractivity contribution in [2.45, 2.75) is 13.5 Å². The van der Waals surface area contributed by atoms with E-state index in [2.05, 4.69) is 17.2 Å². The molecular weight excluding hydrogens is 316 g/mol. The van der Waals surface area contributed by atoms with Crippen LogP contribution in [0.25, 0.3) is 6.08 Å². The van der Waals surface area contributed by atoms with Crippen molar-refractivity contribution in [2.24, 2.45) is 5.41 Å². The predicted molar refractivity (Wildman–Crippen MR) is 96.0 cm³/mol. The van der Waals surface area contributed by atoms with Crippen LogP contribution in [0.5, 0.6) is 5.75 Å². The fourth-order valence-corrected chi connectivity index (χ4v) is 2.41. The molecule has 0 spiro atoms. The lowest BCUT2D eigenvalue weighted by Gasteiger charge is -2.37. The van der Waals surface area contributed by atoms with Crippen molar-refractivity contribution in [1.82, 2.24) is 10.3 Å². The van der Waals surface area contributed by atoms with Crippen molar-refractivity contribution < 1.29 is 14.3 Å². The maximum absolute atomic E-state index is 11.9. The Bertz CT molecular complexity index is 722. The van der Waals surface area contributed by atoms with E-state index in [9.17, 15) is 4.79 Å². The molecule has 130 valence electrons. The molecule has 0 radical (unpaired) electrons. The zero-order valence-electron chi connectivity index (χ0n) is 14.3. The first kappa shape index (κ1) is 17.2. The molecule has 1 aromatic carbocycles. The molecule has 0 saturated carbocycles. The molecule has 1 fully saturated rings. The highest BCUT2D eigenvalue weighted by molar-refractivity contribution is 5.91. The Morgan fingerprint density at radius 3 is 2.76 bits per heavy atom. The Labute approximate surface area is 147 Å². The van der Waals surface area contributed by atoms with Crippen LogP contribution in [0.15, 0.2) is 54.9 Å². The number of pyridine rings is 1. The molecule has 25 heavy (non-hydrogen) atoms. The Morgan fingerprint density at radius 1 is 1.32 bits per heavy atom. The number of rotatable bonds is 7. The fourth-order valence-electron chi connectivity index (χ4n) is 2.41. The van der Waals surface area contributed by atoms with Crippen molar-refractivity contribution >= 4 is 12.0 Å². The SMILES string of the molecule is CC1(CNC(=O)/C=C/c2ccc(OCc3cccnc3)cc2)COC1. The molecule has 0 aliphatic carbocycles. The molecular formula is C20H22N2O3. The first-order valence-corrected chi connectivity index (χ1v) is 8.28. The lowest BCUT2D eigenvalue weighted by molar-refractivity contribution is -0.122. The molecule has 2 heterocycles. The van der Waals surface area contributed by atoms with E-state index in [1.54, 1.807) is 24.5 Å². The van der Waals surface area contributed by atoms with E-state index in [4.69, 9.17) is 9.47 Å². The topological polar surface area (TPSA) is 60.5 Å². The summed E-state index contributed by atoms with van der Waals surface area (Å²) in [5.74, 6) is 0.688. The summed E-state index contributed by atoms with van der Waals surface area (Å²) < 4.78 is 10.9. The number of benzene rings is 1. The van der Waals surface area contributed by atoms with Crippen LogP contribution in [0.2, 0.25) is 0 Å². The van der Waals surface area contributed by atoms with Crippen molar-refractivity contribution in [3.63, 3.8) is 0 Å². The average Bonchev–Trinajstić information content (AvgIpc) is 2.63. The van der Waals surface area contributed by atoms with E-state index < -0.39 is 0 Å². The van der Waals surface area contributed by atoms with Crippen LogP contribution < -0.4 is 10.1 Å². The van der Waals surface area contributed by atoms with Crippen molar-refractivity contribution in [1.29, 1.82) is 0 Å². The molecule has 1 amide bonds. The van der Waals surface area contributed by atoms with Crippen LogP contribution in [-0.4, -0.2) is 30.6 Å². The van der Waals surface area contributed by atoms with Crippen LogP contribution in [0.4, 0.5) is 0 Å². The molecule has 0 atom stereocenters. The Balaban J connectivity index is 1.45. The van der Waals surface area contributed by atoms with E-state index in [0.717, 1.165) is 16.9 Å². The van der Waals surface area contributed by atoms with E-state index in [1.165, 1.54) is 0 Å². The highest BCUT2D eigenvalue weighted by atomic mass is 16.5. The van der Waals surface area contributed by atoms with Gasteiger partial charge in [0.05, 0.1) is 13.2 Å². The van der Waals surface area contributed by atoms with Gasteiger partial charge in [-0.25, -0.2) is 0 Å². The van der Waals surface area contributed by atoms with E-state index in [0.29, 0.717) is 26.4 Å². The van der Waals surface area contributed by atoms with Gasteiger partial charge in [0.15, 0.2) is 0 Å². The molecule has 1 aromatic heterocycles. The quantitative estimate of drug-likeness (QED) is 0.789. The molecule has 1 aliphatic rings. The summed E-state index contributed by atoms with van der Waals surface area (Å²) in [5.41, 5.74) is 2.05. The minimum atomic E-state index is -0.0926. The van der Waals surface area contributed by atoms with Gasteiger partial charge in [-0.3, -0.25) is 9.78 Å². The minimum Gasteiger partial charge on any atom is -0.489 e. The van der Waals surface area contributed by atoms with E-state index >= 15 is 0 Å². The number of hydrogen-bond donors (Lipinski definition) is 1. The second kappa shape index (κ2) is 7.94. The molecule has 1 N–H and O–H groups in total. The number of hydrogen-bond acceptors (Lipinski definition) is 4. The van der Waals surface area contributed by atoms with Crippen LogP contribution >= 0.6 is 0 Å². The highest BCUT2D eigenvalue weighted by Crippen LogP contribution is 2.25. The molecule has 5 heteroatoms. The van der Waals surface area contributed by atoms with Crippen LogP contribution in [0.1, 0.15) is 18.1 Å². The molecule has 2 aromatic rings. The van der Waals surface area contributed by atoms with Gasteiger partial charge in [0, 0.05) is 36.0 Å². The number of carbonyl (C=O) groups is 1. The average molecular weight is 338 g/mol. The smallest absolute Gasteiger partial charge is 0.244 e. The van der Waals surface area contributed by atoms with Gasteiger partial charge in [-0.2, -0.15) is 0 Å². The maximum atomic E-state index is 11.9. The summed E-state index contributed by atoms with van der Waals surface area (Å²) in [7, 11) is 0. The van der Waals surface area contributed by atoms with E-state index in [1.807, 2.05) is 36.4 Å². The number of carbonyl (C=O) groups excluding carboxylic acids is 1. The summed E-state index contributed by atoms with van der Waals surface area (Å²) in [6.07, 6.45) is 6.86. The van der Waals surface area contributed by atoms with Gasteiger partial charge in [0.1, 0.15) is 12.4 Å². The third-order valence-electron chi connectivity index (χ3n) is 4.03. The summed E-state index contributed by atoms with van der Waals surface area (Å²) >= 11 is 0. The maximum Gasteiger partial charge on any atom is 0.244 e. The highest BCUT2D eigenvalue weighted by Gasteiger charge is 2.33. The molecule has 3 rings (SSSR count). The fraction of sp³-hybridized carbons (Fsp3) is 0.300. The summed E-state index contributed by atoms with van der Waals surface area (Å²) in [6.45, 7) is 4.63. The molecule has 5 nitrogen and oxygen atoms in total. The molecule has 0 bridgehead atoms.